The van der Waals surface area contributed by atoms with Crippen LogP contribution in [0.1, 0.15) is 12.5 Å². The van der Waals surface area contributed by atoms with Crippen LogP contribution in [-0.4, -0.2) is 19.9 Å². The summed E-state index contributed by atoms with van der Waals surface area (Å²) in [6.45, 7) is 3.15. The first kappa shape index (κ1) is 11.6. The van der Waals surface area contributed by atoms with Gasteiger partial charge in [0.15, 0.2) is 6.79 Å². The fourth-order valence-corrected chi connectivity index (χ4v) is 1.03. The van der Waals surface area contributed by atoms with Crippen LogP contribution in [0.25, 0.3) is 0 Å². The van der Waals surface area contributed by atoms with Gasteiger partial charge < -0.3 is 15.2 Å². The van der Waals surface area contributed by atoms with Gasteiger partial charge in [0.2, 0.25) is 0 Å². The topological polar surface area (TPSA) is 44.5 Å². The van der Waals surface area contributed by atoms with E-state index in [0.29, 0.717) is 13.2 Å². The highest BCUT2D eigenvalue weighted by atomic mass is 16.7. The Hall–Kier alpha value is -1.50. The molecule has 0 spiro atoms. The van der Waals surface area contributed by atoms with E-state index < -0.39 is 0 Å². The van der Waals surface area contributed by atoms with Gasteiger partial charge in [0.25, 0.3) is 0 Å². The molecular weight excluding hydrogens is 190 g/mol. The number of hydrogen-bond acceptors (Lipinski definition) is 3. The summed E-state index contributed by atoms with van der Waals surface area (Å²) in [6, 6.07) is 7.56. The molecule has 3 nitrogen and oxygen atoms in total. The van der Waals surface area contributed by atoms with Crippen molar-refractivity contribution in [3.8, 4) is 17.6 Å². The van der Waals surface area contributed by atoms with Gasteiger partial charge in [-0.1, -0.05) is 24.0 Å². The molecule has 2 N–H and O–H groups in total. The number of hydrogen-bond donors (Lipinski definition) is 1. The van der Waals surface area contributed by atoms with Crippen molar-refractivity contribution in [2.75, 3.05) is 19.9 Å². The molecule has 0 bridgehead atoms. The SMILES string of the molecule is CCOCOc1ccccc1C#CCN. The largest absolute Gasteiger partial charge is 0.466 e. The highest BCUT2D eigenvalue weighted by Crippen LogP contribution is 2.16. The Morgan fingerprint density at radius 1 is 1.33 bits per heavy atom. The van der Waals surface area contributed by atoms with E-state index >= 15 is 0 Å². The van der Waals surface area contributed by atoms with Crippen LogP contribution >= 0.6 is 0 Å². The number of nitrogens with two attached hydrogens (primary N) is 1. The summed E-state index contributed by atoms with van der Waals surface area (Å²) >= 11 is 0. The first-order valence-electron chi connectivity index (χ1n) is 4.87. The lowest BCUT2D eigenvalue weighted by Crippen LogP contribution is -2.03. The summed E-state index contributed by atoms with van der Waals surface area (Å²) in [6.07, 6.45) is 0. The van der Waals surface area contributed by atoms with Gasteiger partial charge in [0.05, 0.1) is 12.1 Å². The van der Waals surface area contributed by atoms with E-state index in [1.54, 1.807) is 0 Å². The Balaban J connectivity index is 2.68. The van der Waals surface area contributed by atoms with Crippen LogP contribution in [0.4, 0.5) is 0 Å². The van der Waals surface area contributed by atoms with Crippen LogP contribution in [-0.2, 0) is 4.74 Å². The molecule has 0 saturated carbocycles. The lowest BCUT2D eigenvalue weighted by molar-refractivity contribution is 0.0222. The van der Waals surface area contributed by atoms with E-state index in [0.717, 1.165) is 11.3 Å². The predicted molar refractivity (Wildman–Crippen MR) is 59.5 cm³/mol. The van der Waals surface area contributed by atoms with E-state index in [2.05, 4.69) is 11.8 Å². The molecule has 1 aromatic rings. The number of para-hydroxylation sites is 1. The van der Waals surface area contributed by atoms with Gasteiger partial charge in [0, 0.05) is 6.61 Å². The summed E-state index contributed by atoms with van der Waals surface area (Å²) < 4.78 is 10.5. The maximum atomic E-state index is 5.41. The molecule has 0 saturated heterocycles. The van der Waals surface area contributed by atoms with Crippen molar-refractivity contribution >= 4 is 0 Å². The van der Waals surface area contributed by atoms with Crippen LogP contribution in [0.15, 0.2) is 24.3 Å². The third kappa shape index (κ3) is 4.03. The highest BCUT2D eigenvalue weighted by molar-refractivity contribution is 5.45. The molecular formula is C12H15NO2. The van der Waals surface area contributed by atoms with E-state index in [1.807, 2.05) is 31.2 Å². The van der Waals surface area contributed by atoms with Gasteiger partial charge in [-0.25, -0.2) is 0 Å². The van der Waals surface area contributed by atoms with Crippen molar-refractivity contribution in [1.29, 1.82) is 0 Å². The van der Waals surface area contributed by atoms with Gasteiger partial charge in [-0.05, 0) is 19.1 Å². The summed E-state index contributed by atoms with van der Waals surface area (Å²) in [5.74, 6) is 6.47. The first-order chi connectivity index (χ1) is 7.38. The Morgan fingerprint density at radius 2 is 2.13 bits per heavy atom. The molecule has 0 atom stereocenters. The normalized spacial score (nSPS) is 9.20. The fourth-order valence-electron chi connectivity index (χ4n) is 1.03. The minimum atomic E-state index is 0.248. The van der Waals surface area contributed by atoms with Crippen LogP contribution in [0, 0.1) is 11.8 Å². The molecule has 0 amide bonds. The fraction of sp³-hybridized carbons (Fsp3) is 0.333. The van der Waals surface area contributed by atoms with Crippen molar-refractivity contribution < 1.29 is 9.47 Å². The van der Waals surface area contributed by atoms with Crippen LogP contribution in [0.5, 0.6) is 5.75 Å². The predicted octanol–water partition coefficient (Wildman–Crippen LogP) is 1.37. The van der Waals surface area contributed by atoms with Crippen molar-refractivity contribution in [2.45, 2.75) is 6.92 Å². The molecule has 0 unspecified atom stereocenters. The molecule has 1 rings (SSSR count). The molecule has 0 aliphatic heterocycles. The van der Waals surface area contributed by atoms with Crippen molar-refractivity contribution in [3.05, 3.63) is 29.8 Å². The Kier molecular flexibility index (Phi) is 5.31. The Bertz CT molecular complexity index is 352. The number of rotatable bonds is 4. The minimum Gasteiger partial charge on any atom is -0.466 e. The van der Waals surface area contributed by atoms with Gasteiger partial charge in [-0.15, -0.1) is 0 Å². The van der Waals surface area contributed by atoms with Crippen molar-refractivity contribution in [1.82, 2.24) is 0 Å². The van der Waals surface area contributed by atoms with Crippen LogP contribution in [0.2, 0.25) is 0 Å². The maximum absolute atomic E-state index is 5.41. The third-order valence-corrected chi connectivity index (χ3v) is 1.71. The zero-order chi connectivity index (χ0) is 10.9. The Morgan fingerprint density at radius 3 is 2.87 bits per heavy atom. The maximum Gasteiger partial charge on any atom is 0.189 e. The number of ether oxygens (including phenoxy) is 2. The second-order valence-electron chi connectivity index (χ2n) is 2.76. The summed E-state index contributed by atoms with van der Waals surface area (Å²) in [5, 5.41) is 0. The number of benzene rings is 1. The average Bonchev–Trinajstić information content (AvgIpc) is 2.28. The lowest BCUT2D eigenvalue weighted by Gasteiger charge is -2.07. The molecule has 15 heavy (non-hydrogen) atoms. The molecule has 0 fully saturated rings. The zero-order valence-corrected chi connectivity index (χ0v) is 8.82. The standard InChI is InChI=1S/C12H15NO2/c1-2-14-10-15-12-8-4-3-6-11(12)7-5-9-13/h3-4,6,8H,2,9-10,13H2,1H3. The third-order valence-electron chi connectivity index (χ3n) is 1.71. The second kappa shape index (κ2) is 6.88. The van der Waals surface area contributed by atoms with Crippen LogP contribution in [0.3, 0.4) is 0 Å². The first-order valence-corrected chi connectivity index (χ1v) is 4.87. The van der Waals surface area contributed by atoms with Gasteiger partial charge >= 0.3 is 0 Å². The van der Waals surface area contributed by atoms with E-state index in [-0.39, 0.29) is 6.79 Å². The van der Waals surface area contributed by atoms with Gasteiger partial charge in [-0.3, -0.25) is 0 Å². The van der Waals surface area contributed by atoms with E-state index in [4.69, 9.17) is 15.2 Å². The molecule has 0 radical (unpaired) electrons. The lowest BCUT2D eigenvalue weighted by atomic mass is 10.2. The van der Waals surface area contributed by atoms with E-state index in [9.17, 15) is 0 Å². The van der Waals surface area contributed by atoms with Crippen LogP contribution < -0.4 is 10.5 Å². The van der Waals surface area contributed by atoms with Gasteiger partial charge in [0.1, 0.15) is 5.75 Å². The second-order valence-corrected chi connectivity index (χ2v) is 2.76. The Labute approximate surface area is 90.2 Å². The van der Waals surface area contributed by atoms with E-state index in [1.165, 1.54) is 0 Å². The summed E-state index contributed by atoms with van der Waals surface area (Å²) in [4.78, 5) is 0. The van der Waals surface area contributed by atoms with Crippen molar-refractivity contribution in [3.63, 3.8) is 0 Å². The quantitative estimate of drug-likeness (QED) is 0.458. The zero-order valence-electron chi connectivity index (χ0n) is 8.82. The van der Waals surface area contributed by atoms with Crippen molar-refractivity contribution in [2.24, 2.45) is 5.73 Å². The van der Waals surface area contributed by atoms with Gasteiger partial charge in [-0.2, -0.15) is 0 Å². The molecule has 0 aliphatic carbocycles. The molecule has 0 aromatic heterocycles. The minimum absolute atomic E-state index is 0.248. The molecule has 1 aromatic carbocycles. The summed E-state index contributed by atoms with van der Waals surface area (Å²) in [7, 11) is 0. The molecule has 0 aliphatic rings. The highest BCUT2D eigenvalue weighted by Gasteiger charge is 1.98. The summed E-state index contributed by atoms with van der Waals surface area (Å²) in [5.41, 5.74) is 6.14. The molecule has 80 valence electrons. The molecule has 0 heterocycles. The molecule has 3 heteroatoms. The smallest absolute Gasteiger partial charge is 0.189 e. The monoisotopic (exact) mass is 205 g/mol. The average molecular weight is 205 g/mol.